The van der Waals surface area contributed by atoms with Crippen LogP contribution in [0.5, 0.6) is 0 Å². The van der Waals surface area contributed by atoms with Crippen LogP contribution >= 0.6 is 11.3 Å². The third-order valence-electron chi connectivity index (χ3n) is 4.01. The van der Waals surface area contributed by atoms with E-state index in [2.05, 4.69) is 78.2 Å². The first-order valence-corrected chi connectivity index (χ1v) is 9.11. The van der Waals surface area contributed by atoms with Gasteiger partial charge in [-0.1, -0.05) is 84.9 Å². The summed E-state index contributed by atoms with van der Waals surface area (Å²) in [6.07, 6.45) is 4.17. The molecule has 2 heteroatoms. The van der Waals surface area contributed by atoms with E-state index in [0.29, 0.717) is 0 Å². The maximum Gasteiger partial charge on any atom is 0.116 e. The molecule has 4 aromatic rings. The highest BCUT2D eigenvalue weighted by atomic mass is 32.1. The summed E-state index contributed by atoms with van der Waals surface area (Å²) in [6.45, 7) is 0. The lowest BCUT2D eigenvalue weighted by atomic mass is 10.0. The van der Waals surface area contributed by atoms with Crippen LogP contribution in [0.3, 0.4) is 0 Å². The van der Waals surface area contributed by atoms with Crippen molar-refractivity contribution >= 4 is 23.5 Å². The lowest BCUT2D eigenvalue weighted by Crippen LogP contribution is -1.81. The maximum absolute atomic E-state index is 4.76. The average molecular weight is 339 g/mol. The molecule has 0 fully saturated rings. The molecule has 3 aromatic carbocycles. The van der Waals surface area contributed by atoms with Gasteiger partial charge in [0.05, 0.1) is 5.69 Å². The van der Waals surface area contributed by atoms with E-state index < -0.39 is 0 Å². The van der Waals surface area contributed by atoms with E-state index in [4.69, 9.17) is 4.98 Å². The van der Waals surface area contributed by atoms with Crippen LogP contribution in [-0.2, 0) is 0 Å². The number of hydrogen-bond donors (Lipinski definition) is 0. The summed E-state index contributed by atoms with van der Waals surface area (Å²) in [5.74, 6) is 0. The van der Waals surface area contributed by atoms with Crippen molar-refractivity contribution in [3.05, 3.63) is 101 Å². The van der Waals surface area contributed by atoms with E-state index in [9.17, 15) is 0 Å². The SMILES string of the molecule is C(=C\c1nc(-c2cccc(-c3ccccc3)c2)cs1)/c1ccccc1. The molecule has 1 heterocycles. The Balaban J connectivity index is 1.59. The molecule has 0 radical (unpaired) electrons. The largest absolute Gasteiger partial charge is 0.237 e. The van der Waals surface area contributed by atoms with Gasteiger partial charge in [-0.05, 0) is 28.8 Å². The number of benzene rings is 3. The fourth-order valence-corrected chi connectivity index (χ4v) is 3.44. The standard InChI is InChI=1S/C23H17NS/c1-3-8-18(9-4-1)14-15-23-24-22(17-25-23)21-13-7-12-20(16-21)19-10-5-2-6-11-19/h1-17H/b15-14+. The summed E-state index contributed by atoms with van der Waals surface area (Å²) in [7, 11) is 0. The second kappa shape index (κ2) is 7.29. The van der Waals surface area contributed by atoms with E-state index in [1.165, 1.54) is 16.7 Å². The fraction of sp³-hybridized carbons (Fsp3) is 0. The highest BCUT2D eigenvalue weighted by molar-refractivity contribution is 7.10. The fourth-order valence-electron chi connectivity index (χ4n) is 2.72. The molecule has 0 saturated carbocycles. The maximum atomic E-state index is 4.76. The number of rotatable bonds is 4. The summed E-state index contributed by atoms with van der Waals surface area (Å²) >= 11 is 1.67. The van der Waals surface area contributed by atoms with Crippen LogP contribution in [0.1, 0.15) is 10.6 Å². The Bertz CT molecular complexity index is 985. The van der Waals surface area contributed by atoms with Gasteiger partial charge in [0.2, 0.25) is 0 Å². The Morgan fingerprint density at radius 2 is 1.32 bits per heavy atom. The molecule has 0 spiro atoms. The molecular weight excluding hydrogens is 322 g/mol. The van der Waals surface area contributed by atoms with Crippen molar-refractivity contribution in [2.45, 2.75) is 0 Å². The van der Waals surface area contributed by atoms with Gasteiger partial charge >= 0.3 is 0 Å². The van der Waals surface area contributed by atoms with Gasteiger partial charge in [-0.3, -0.25) is 0 Å². The summed E-state index contributed by atoms with van der Waals surface area (Å²) in [4.78, 5) is 4.76. The zero-order chi connectivity index (χ0) is 16.9. The molecule has 1 aromatic heterocycles. The van der Waals surface area contributed by atoms with E-state index >= 15 is 0 Å². The minimum absolute atomic E-state index is 1.02. The Hall–Kier alpha value is -2.97. The summed E-state index contributed by atoms with van der Waals surface area (Å²) in [5.41, 5.74) is 5.80. The topological polar surface area (TPSA) is 12.9 Å². The van der Waals surface area contributed by atoms with Crippen LogP contribution in [0.2, 0.25) is 0 Å². The molecular formula is C23H17NS. The molecule has 0 aliphatic heterocycles. The number of nitrogens with zero attached hydrogens (tertiary/aromatic N) is 1. The minimum Gasteiger partial charge on any atom is -0.237 e. The zero-order valence-electron chi connectivity index (χ0n) is 13.7. The molecule has 0 amide bonds. The number of thiazole rings is 1. The molecule has 0 aliphatic carbocycles. The number of aromatic nitrogens is 1. The van der Waals surface area contributed by atoms with Crippen LogP contribution in [-0.4, -0.2) is 4.98 Å². The molecule has 0 atom stereocenters. The first-order chi connectivity index (χ1) is 12.4. The molecule has 4 rings (SSSR count). The first kappa shape index (κ1) is 15.6. The van der Waals surface area contributed by atoms with Gasteiger partial charge in [-0.2, -0.15) is 0 Å². The van der Waals surface area contributed by atoms with Crippen LogP contribution in [0, 0.1) is 0 Å². The van der Waals surface area contributed by atoms with Gasteiger partial charge in [0.1, 0.15) is 5.01 Å². The first-order valence-electron chi connectivity index (χ1n) is 8.23. The molecule has 0 bridgehead atoms. The Morgan fingerprint density at radius 1 is 0.640 bits per heavy atom. The van der Waals surface area contributed by atoms with Gasteiger partial charge in [-0.25, -0.2) is 4.98 Å². The van der Waals surface area contributed by atoms with Gasteiger partial charge in [0, 0.05) is 10.9 Å². The predicted molar refractivity (Wildman–Crippen MR) is 108 cm³/mol. The average Bonchev–Trinajstić information content (AvgIpc) is 3.17. The molecule has 0 N–H and O–H groups in total. The van der Waals surface area contributed by atoms with Crippen LogP contribution in [0.15, 0.2) is 90.3 Å². The van der Waals surface area contributed by atoms with Gasteiger partial charge in [0.25, 0.3) is 0 Å². The summed E-state index contributed by atoms with van der Waals surface area (Å²) in [6, 6.07) is 29.3. The van der Waals surface area contributed by atoms with Crippen molar-refractivity contribution in [2.75, 3.05) is 0 Å². The van der Waals surface area contributed by atoms with Crippen molar-refractivity contribution < 1.29 is 0 Å². The van der Waals surface area contributed by atoms with Gasteiger partial charge < -0.3 is 0 Å². The normalized spacial score (nSPS) is 11.0. The summed E-state index contributed by atoms with van der Waals surface area (Å²) < 4.78 is 0. The van der Waals surface area contributed by atoms with Crippen molar-refractivity contribution in [1.29, 1.82) is 0 Å². The monoisotopic (exact) mass is 339 g/mol. The Labute approximate surface area is 152 Å². The highest BCUT2D eigenvalue weighted by Crippen LogP contribution is 2.27. The molecule has 1 nitrogen and oxygen atoms in total. The van der Waals surface area contributed by atoms with Crippen molar-refractivity contribution in [3.63, 3.8) is 0 Å². The van der Waals surface area contributed by atoms with Crippen LogP contribution < -0.4 is 0 Å². The van der Waals surface area contributed by atoms with E-state index in [-0.39, 0.29) is 0 Å². The molecule has 0 saturated heterocycles. The lowest BCUT2D eigenvalue weighted by Gasteiger charge is -2.03. The van der Waals surface area contributed by atoms with E-state index in [1.54, 1.807) is 11.3 Å². The van der Waals surface area contributed by atoms with Gasteiger partial charge in [-0.15, -0.1) is 11.3 Å². The lowest BCUT2D eigenvalue weighted by molar-refractivity contribution is 1.38. The van der Waals surface area contributed by atoms with Crippen molar-refractivity contribution in [3.8, 4) is 22.4 Å². The smallest absolute Gasteiger partial charge is 0.116 e. The van der Waals surface area contributed by atoms with Gasteiger partial charge in [0.15, 0.2) is 0 Å². The second-order valence-electron chi connectivity index (χ2n) is 5.76. The molecule has 0 unspecified atom stereocenters. The van der Waals surface area contributed by atoms with Crippen molar-refractivity contribution in [2.24, 2.45) is 0 Å². The van der Waals surface area contributed by atoms with E-state index in [0.717, 1.165) is 16.3 Å². The third kappa shape index (κ3) is 3.76. The zero-order valence-corrected chi connectivity index (χ0v) is 14.5. The quantitative estimate of drug-likeness (QED) is 0.406. The minimum atomic E-state index is 1.02. The predicted octanol–water partition coefficient (Wildman–Crippen LogP) is 6.65. The summed E-state index contributed by atoms with van der Waals surface area (Å²) in [5, 5.41) is 3.14. The molecule has 120 valence electrons. The Morgan fingerprint density at radius 3 is 2.12 bits per heavy atom. The second-order valence-corrected chi connectivity index (χ2v) is 6.65. The third-order valence-corrected chi connectivity index (χ3v) is 4.82. The molecule has 0 aliphatic rings. The van der Waals surface area contributed by atoms with Crippen LogP contribution in [0.4, 0.5) is 0 Å². The Kier molecular flexibility index (Phi) is 4.53. The number of hydrogen-bond acceptors (Lipinski definition) is 2. The van der Waals surface area contributed by atoms with E-state index in [1.807, 2.05) is 24.3 Å². The van der Waals surface area contributed by atoms with Crippen molar-refractivity contribution in [1.82, 2.24) is 4.98 Å². The van der Waals surface area contributed by atoms with Crippen LogP contribution in [0.25, 0.3) is 34.5 Å². The highest BCUT2D eigenvalue weighted by Gasteiger charge is 2.05. The molecule has 25 heavy (non-hydrogen) atoms.